The first-order chi connectivity index (χ1) is 26.9. The molecule has 7 rings (SSSR count). The molecule has 12 nitrogen and oxygen atoms in total. The lowest BCUT2D eigenvalue weighted by Gasteiger charge is -2.43. The number of phenols is 7. The van der Waals surface area contributed by atoms with Crippen molar-refractivity contribution in [1.29, 1.82) is 0 Å². The van der Waals surface area contributed by atoms with E-state index in [1.807, 2.05) is 27.7 Å². The number of fused-ring (bicyclic) bond motifs is 4. The monoisotopic (exact) mass is 776 g/mol. The summed E-state index contributed by atoms with van der Waals surface area (Å²) in [7, 11) is 0. The van der Waals surface area contributed by atoms with Gasteiger partial charge in [-0.15, -0.1) is 0 Å². The van der Waals surface area contributed by atoms with E-state index in [0.717, 1.165) is 23.3 Å². The molecule has 0 aromatic heterocycles. The van der Waals surface area contributed by atoms with E-state index in [1.54, 1.807) is 25.2 Å². The molecule has 12 heteroatoms. The minimum absolute atomic E-state index is 0.0320. The molecule has 0 saturated heterocycles. The molecule has 5 atom stereocenters. The lowest BCUT2D eigenvalue weighted by molar-refractivity contribution is -0.201. The molecule has 4 aromatic rings. The van der Waals surface area contributed by atoms with Crippen molar-refractivity contribution in [2.24, 2.45) is 5.92 Å². The molecule has 1 aliphatic carbocycles. The minimum atomic E-state index is -2.76. The van der Waals surface area contributed by atoms with Gasteiger partial charge in [0, 0.05) is 59.1 Å². The minimum Gasteiger partial charge on any atom is -0.508 e. The lowest BCUT2D eigenvalue weighted by Crippen LogP contribution is -2.62. The van der Waals surface area contributed by atoms with Crippen LogP contribution in [0.1, 0.15) is 102 Å². The second-order valence-electron chi connectivity index (χ2n) is 15.6. The number of aliphatic hydroxyl groups is 1. The number of carbonyl (C=O) groups excluding carboxylic acids is 2. The normalized spacial score (nSPS) is 23.2. The molecular weight excluding hydrogens is 732 g/mol. The molecule has 296 valence electrons. The predicted molar refractivity (Wildman–Crippen MR) is 208 cm³/mol. The van der Waals surface area contributed by atoms with E-state index in [1.165, 1.54) is 42.5 Å². The smallest absolute Gasteiger partial charge is 0.318 e. The molecule has 0 spiro atoms. The fourth-order valence-corrected chi connectivity index (χ4v) is 8.45. The first-order valence-corrected chi connectivity index (χ1v) is 18.5. The largest absolute Gasteiger partial charge is 0.508 e. The van der Waals surface area contributed by atoms with Crippen LogP contribution in [-0.2, 0) is 12.0 Å². The van der Waals surface area contributed by atoms with Crippen molar-refractivity contribution in [2.75, 3.05) is 0 Å². The summed E-state index contributed by atoms with van der Waals surface area (Å²) in [5.41, 5.74) is 0.120. The third-order valence-corrected chi connectivity index (χ3v) is 11.2. The zero-order chi connectivity index (χ0) is 41.3. The molecule has 3 aliphatic rings. The maximum Gasteiger partial charge on any atom is 0.318 e. The Balaban J connectivity index is 1.43. The van der Waals surface area contributed by atoms with Crippen molar-refractivity contribution >= 4 is 11.6 Å². The molecule has 0 bridgehead atoms. The predicted octanol–water partition coefficient (Wildman–Crippen LogP) is 7.76. The van der Waals surface area contributed by atoms with E-state index < -0.39 is 63.5 Å². The van der Waals surface area contributed by atoms with Crippen LogP contribution in [-0.4, -0.2) is 58.2 Å². The van der Waals surface area contributed by atoms with Gasteiger partial charge in [-0.25, -0.2) is 0 Å². The summed E-state index contributed by atoms with van der Waals surface area (Å²) < 4.78 is 12.4. The van der Waals surface area contributed by atoms with Gasteiger partial charge in [-0.3, -0.25) is 9.59 Å². The number of ketones is 2. The van der Waals surface area contributed by atoms with Crippen LogP contribution in [0.2, 0.25) is 0 Å². The Kier molecular flexibility index (Phi) is 9.52. The van der Waals surface area contributed by atoms with Crippen LogP contribution in [0.15, 0.2) is 89.5 Å². The molecule has 4 aromatic carbocycles. The van der Waals surface area contributed by atoms with Crippen LogP contribution in [0, 0.1) is 5.92 Å². The molecule has 0 amide bonds. The van der Waals surface area contributed by atoms with Gasteiger partial charge in [-0.2, -0.15) is 0 Å². The van der Waals surface area contributed by atoms with Crippen LogP contribution in [0.5, 0.6) is 51.7 Å². The van der Waals surface area contributed by atoms with Crippen molar-refractivity contribution in [3.05, 3.63) is 123 Å². The highest BCUT2D eigenvalue weighted by molar-refractivity contribution is 6.09. The van der Waals surface area contributed by atoms with Crippen molar-refractivity contribution in [1.82, 2.24) is 0 Å². The molecular formula is C45H44O12. The van der Waals surface area contributed by atoms with Crippen LogP contribution < -0.4 is 9.47 Å². The fraction of sp³-hybridized carbons (Fsp3) is 0.289. The Morgan fingerprint density at radius 1 is 0.789 bits per heavy atom. The summed E-state index contributed by atoms with van der Waals surface area (Å²) >= 11 is 0. The van der Waals surface area contributed by atoms with Gasteiger partial charge < -0.3 is 50.3 Å². The van der Waals surface area contributed by atoms with E-state index in [-0.39, 0.29) is 81.6 Å². The maximum atomic E-state index is 15.0. The van der Waals surface area contributed by atoms with Gasteiger partial charge in [0.25, 0.3) is 0 Å². The number of phenolic OH excluding ortho intramolecular Hbond substituents is 7. The highest BCUT2D eigenvalue weighted by Crippen LogP contribution is 2.61. The first kappa shape index (κ1) is 38.9. The summed E-state index contributed by atoms with van der Waals surface area (Å²) in [6, 6.07) is 11.7. The van der Waals surface area contributed by atoms with Gasteiger partial charge in [0.15, 0.2) is 5.78 Å². The molecule has 8 N–H and O–H groups in total. The molecule has 0 unspecified atom stereocenters. The van der Waals surface area contributed by atoms with Gasteiger partial charge in [0.2, 0.25) is 11.4 Å². The molecule has 2 heterocycles. The number of carbonyl (C=O) groups is 2. The molecule has 0 fully saturated rings. The Morgan fingerprint density at radius 3 is 2.16 bits per heavy atom. The van der Waals surface area contributed by atoms with Crippen LogP contribution in [0.3, 0.4) is 0 Å². The third-order valence-electron chi connectivity index (χ3n) is 11.2. The Hall–Kier alpha value is -6.40. The van der Waals surface area contributed by atoms with Crippen molar-refractivity contribution in [2.45, 2.75) is 77.1 Å². The van der Waals surface area contributed by atoms with Crippen LogP contribution in [0.25, 0.3) is 0 Å². The fourth-order valence-electron chi connectivity index (χ4n) is 8.45. The first-order valence-electron chi connectivity index (χ1n) is 18.5. The third kappa shape index (κ3) is 6.20. The average molecular weight is 777 g/mol. The van der Waals surface area contributed by atoms with Crippen molar-refractivity contribution < 1.29 is 59.9 Å². The molecule has 2 aliphatic heterocycles. The average Bonchev–Trinajstić information content (AvgIpc) is 3.37. The van der Waals surface area contributed by atoms with Gasteiger partial charge in [0.1, 0.15) is 57.3 Å². The standard InChI is InChI=1S/C45H44O12/c1-21(2)6-9-27-32(48)13-11-28(40(27)51)41(52)37-29(26-10-7-24(46)18-33(26)49)16-23(5)17-30(37)38-34(50)20-36-39(42(38)53)43(54)45(55)44(56-36,15-14-22(3)4)31-12-8-25(47)19-35(31)57-45/h6-8,10-14,17-20,29-30,37,46-51,53,55H,9,15-16H2,1-5H3/t29-,30-,37-,44-,45-/m1/s1. The number of hydrogen-bond donors (Lipinski definition) is 8. The molecule has 57 heavy (non-hydrogen) atoms. The highest BCUT2D eigenvalue weighted by Gasteiger charge is 2.70. The van der Waals surface area contributed by atoms with E-state index in [4.69, 9.17) is 9.47 Å². The number of rotatable bonds is 8. The van der Waals surface area contributed by atoms with E-state index in [0.29, 0.717) is 5.57 Å². The lowest BCUT2D eigenvalue weighted by atomic mass is 9.65. The van der Waals surface area contributed by atoms with Gasteiger partial charge >= 0.3 is 5.79 Å². The second-order valence-corrected chi connectivity index (χ2v) is 15.6. The van der Waals surface area contributed by atoms with E-state index in [9.17, 15) is 45.6 Å². The Morgan fingerprint density at radius 2 is 1.47 bits per heavy atom. The highest BCUT2D eigenvalue weighted by atomic mass is 16.7. The van der Waals surface area contributed by atoms with Gasteiger partial charge in [0.05, 0.1) is 5.56 Å². The number of Topliss-reactive ketones (excluding diaryl/α,β-unsaturated/α-hetero) is 2. The van der Waals surface area contributed by atoms with E-state index in [2.05, 4.69) is 0 Å². The number of allylic oxidation sites excluding steroid dienone is 5. The van der Waals surface area contributed by atoms with Crippen molar-refractivity contribution in [3.63, 3.8) is 0 Å². The number of aromatic hydroxyl groups is 7. The summed E-state index contributed by atoms with van der Waals surface area (Å²) in [5.74, 6) is -11.1. The van der Waals surface area contributed by atoms with Gasteiger partial charge in [-0.1, -0.05) is 41.0 Å². The second kappa shape index (κ2) is 14.0. The number of hydrogen-bond acceptors (Lipinski definition) is 12. The summed E-state index contributed by atoms with van der Waals surface area (Å²) in [4.78, 5) is 29.7. The summed E-state index contributed by atoms with van der Waals surface area (Å²) in [6.45, 7) is 9.08. The topological polar surface area (TPSA) is 214 Å². The zero-order valence-corrected chi connectivity index (χ0v) is 32.0. The van der Waals surface area contributed by atoms with Gasteiger partial charge in [-0.05, 0) is 83.4 Å². The summed E-state index contributed by atoms with van der Waals surface area (Å²) in [6.07, 6.45) is 5.37. The number of benzene rings is 4. The number of ether oxygens (including phenoxy) is 2. The zero-order valence-electron chi connectivity index (χ0n) is 32.0. The van der Waals surface area contributed by atoms with Crippen molar-refractivity contribution in [3.8, 4) is 51.7 Å². The summed E-state index contributed by atoms with van der Waals surface area (Å²) in [5, 5.41) is 90.1. The quantitative estimate of drug-likeness (QED) is 0.0637. The van der Waals surface area contributed by atoms with E-state index >= 15 is 4.79 Å². The Labute approximate surface area is 328 Å². The maximum absolute atomic E-state index is 15.0. The molecule has 0 saturated carbocycles. The Bertz CT molecular complexity index is 2450. The van der Waals surface area contributed by atoms with Crippen LogP contribution in [0.4, 0.5) is 0 Å². The SMILES string of the molecule is CC(C)=CCc1c(O)ccc(C(=O)[C@@H]2[C@@H](c3ccc(O)cc3O)CC(C)=C[C@H]2c2c(O)cc3c(c2O)C(=O)[C@@]2(O)Oc4cc(O)ccc4[C@@]2(CC=C(C)C)O3)c1O. The molecule has 0 radical (unpaired) electrons. The van der Waals surface area contributed by atoms with Crippen LogP contribution >= 0.6 is 0 Å².